The van der Waals surface area contributed by atoms with Gasteiger partial charge in [-0.15, -0.1) is 0 Å². The van der Waals surface area contributed by atoms with Crippen molar-refractivity contribution in [3.63, 3.8) is 0 Å². The van der Waals surface area contributed by atoms with Gasteiger partial charge in [-0.1, -0.05) is 6.08 Å². The Morgan fingerprint density at radius 2 is 2.00 bits per heavy atom. The molecule has 4 heteroatoms. The van der Waals surface area contributed by atoms with Gasteiger partial charge in [0.05, 0.1) is 18.9 Å². The van der Waals surface area contributed by atoms with E-state index in [9.17, 15) is 4.79 Å². The van der Waals surface area contributed by atoms with E-state index in [1.54, 1.807) is 25.1 Å². The Morgan fingerprint density at radius 1 is 1.28 bits per heavy atom. The summed E-state index contributed by atoms with van der Waals surface area (Å²) < 4.78 is 10.9. The molecule has 0 saturated carbocycles. The average molecular weight is 249 g/mol. The Bertz CT molecular complexity index is 427. The van der Waals surface area contributed by atoms with Crippen molar-refractivity contribution in [1.82, 2.24) is 0 Å². The number of allylic oxidation sites excluding steroid dienone is 1. The van der Waals surface area contributed by atoms with Crippen molar-refractivity contribution in [2.45, 2.75) is 20.8 Å². The summed E-state index contributed by atoms with van der Waals surface area (Å²) in [5, 5.41) is 2.76. The standard InChI is InChI=1S/C14H19NO3/c1-4-7-14(16)15-12-10-11(17-5-2)8-9-13(12)18-6-3/h4,7-10H,5-6H2,1-3H3,(H,15,16). The van der Waals surface area contributed by atoms with Crippen LogP contribution < -0.4 is 14.8 Å². The van der Waals surface area contributed by atoms with Gasteiger partial charge < -0.3 is 14.8 Å². The van der Waals surface area contributed by atoms with Gasteiger partial charge in [0.2, 0.25) is 5.91 Å². The minimum absolute atomic E-state index is 0.188. The first-order valence-corrected chi connectivity index (χ1v) is 6.04. The van der Waals surface area contributed by atoms with E-state index in [1.807, 2.05) is 19.9 Å². The van der Waals surface area contributed by atoms with Crippen molar-refractivity contribution in [3.8, 4) is 11.5 Å². The monoisotopic (exact) mass is 249 g/mol. The lowest BCUT2D eigenvalue weighted by molar-refractivity contribution is -0.111. The van der Waals surface area contributed by atoms with Crippen molar-refractivity contribution in [2.75, 3.05) is 18.5 Å². The van der Waals surface area contributed by atoms with Gasteiger partial charge in [0.15, 0.2) is 0 Å². The molecule has 0 spiro atoms. The van der Waals surface area contributed by atoms with Crippen molar-refractivity contribution in [1.29, 1.82) is 0 Å². The molecule has 0 unspecified atom stereocenters. The number of nitrogens with one attached hydrogen (secondary N) is 1. The minimum atomic E-state index is -0.188. The van der Waals surface area contributed by atoms with Gasteiger partial charge in [-0.25, -0.2) is 0 Å². The van der Waals surface area contributed by atoms with Crippen LogP contribution in [-0.2, 0) is 4.79 Å². The summed E-state index contributed by atoms with van der Waals surface area (Å²) in [6, 6.07) is 5.37. The topological polar surface area (TPSA) is 47.6 Å². The predicted octanol–water partition coefficient (Wildman–Crippen LogP) is 3.00. The lowest BCUT2D eigenvalue weighted by Gasteiger charge is -2.12. The number of carbonyl (C=O) groups excluding carboxylic acids is 1. The molecule has 4 nitrogen and oxygen atoms in total. The fourth-order valence-electron chi connectivity index (χ4n) is 1.47. The Labute approximate surface area is 108 Å². The second-order valence-electron chi connectivity index (χ2n) is 3.51. The van der Waals surface area contributed by atoms with Gasteiger partial charge in [-0.05, 0) is 39.0 Å². The highest BCUT2D eigenvalue weighted by Gasteiger charge is 2.07. The first-order chi connectivity index (χ1) is 8.71. The largest absolute Gasteiger partial charge is 0.494 e. The third-order valence-corrected chi connectivity index (χ3v) is 2.14. The summed E-state index contributed by atoms with van der Waals surface area (Å²) in [5.74, 6) is 1.16. The maximum atomic E-state index is 11.5. The van der Waals surface area contributed by atoms with E-state index in [1.165, 1.54) is 6.08 Å². The molecule has 98 valence electrons. The molecule has 1 amide bonds. The zero-order valence-corrected chi connectivity index (χ0v) is 11.0. The fourth-order valence-corrected chi connectivity index (χ4v) is 1.47. The number of rotatable bonds is 6. The van der Waals surface area contributed by atoms with Crippen LogP contribution in [0.5, 0.6) is 11.5 Å². The quantitative estimate of drug-likeness (QED) is 0.788. The third kappa shape index (κ3) is 4.13. The van der Waals surface area contributed by atoms with Crippen molar-refractivity contribution >= 4 is 11.6 Å². The molecule has 0 aliphatic heterocycles. The van der Waals surface area contributed by atoms with Crippen molar-refractivity contribution < 1.29 is 14.3 Å². The molecule has 18 heavy (non-hydrogen) atoms. The third-order valence-electron chi connectivity index (χ3n) is 2.14. The van der Waals surface area contributed by atoms with E-state index >= 15 is 0 Å². The minimum Gasteiger partial charge on any atom is -0.494 e. The molecule has 0 atom stereocenters. The number of hydrogen-bond acceptors (Lipinski definition) is 3. The zero-order chi connectivity index (χ0) is 13.4. The summed E-state index contributed by atoms with van der Waals surface area (Å²) >= 11 is 0. The Balaban J connectivity index is 2.94. The molecule has 0 aliphatic rings. The molecule has 0 heterocycles. The van der Waals surface area contributed by atoms with Crippen LogP contribution in [0.1, 0.15) is 20.8 Å². The van der Waals surface area contributed by atoms with Crippen LogP contribution in [-0.4, -0.2) is 19.1 Å². The molecule has 0 aliphatic carbocycles. The van der Waals surface area contributed by atoms with Crippen LogP contribution >= 0.6 is 0 Å². The molecule has 1 aromatic carbocycles. The van der Waals surface area contributed by atoms with Gasteiger partial charge in [0, 0.05) is 6.07 Å². The van der Waals surface area contributed by atoms with Crippen LogP contribution in [0.4, 0.5) is 5.69 Å². The summed E-state index contributed by atoms with van der Waals surface area (Å²) in [6.45, 7) is 6.72. The molecule has 0 bridgehead atoms. The lowest BCUT2D eigenvalue weighted by atomic mass is 10.2. The van der Waals surface area contributed by atoms with Crippen molar-refractivity contribution in [3.05, 3.63) is 30.4 Å². The number of ether oxygens (including phenoxy) is 2. The number of carbonyl (C=O) groups is 1. The highest BCUT2D eigenvalue weighted by Crippen LogP contribution is 2.29. The van der Waals surface area contributed by atoms with E-state index in [2.05, 4.69) is 5.32 Å². The van der Waals surface area contributed by atoms with Crippen LogP contribution in [0.15, 0.2) is 30.4 Å². The van der Waals surface area contributed by atoms with E-state index in [-0.39, 0.29) is 5.91 Å². The normalized spacial score (nSPS) is 10.4. The van der Waals surface area contributed by atoms with Gasteiger partial charge in [0.25, 0.3) is 0 Å². The van der Waals surface area contributed by atoms with E-state index < -0.39 is 0 Å². The molecule has 1 rings (SSSR count). The Morgan fingerprint density at radius 3 is 2.61 bits per heavy atom. The lowest BCUT2D eigenvalue weighted by Crippen LogP contribution is -2.09. The van der Waals surface area contributed by atoms with Gasteiger partial charge in [-0.2, -0.15) is 0 Å². The van der Waals surface area contributed by atoms with Gasteiger partial charge in [0.1, 0.15) is 11.5 Å². The predicted molar refractivity (Wildman–Crippen MR) is 72.2 cm³/mol. The summed E-state index contributed by atoms with van der Waals surface area (Å²) in [5.41, 5.74) is 0.617. The van der Waals surface area contributed by atoms with E-state index in [4.69, 9.17) is 9.47 Å². The maximum Gasteiger partial charge on any atom is 0.248 e. The number of benzene rings is 1. The molecular weight excluding hydrogens is 230 g/mol. The number of anilines is 1. The zero-order valence-electron chi connectivity index (χ0n) is 11.0. The van der Waals surface area contributed by atoms with E-state index in [0.29, 0.717) is 30.4 Å². The Hall–Kier alpha value is -1.97. The fraction of sp³-hybridized carbons (Fsp3) is 0.357. The highest BCUT2D eigenvalue weighted by molar-refractivity contribution is 6.00. The van der Waals surface area contributed by atoms with Crippen LogP contribution in [0.2, 0.25) is 0 Å². The average Bonchev–Trinajstić information content (AvgIpc) is 2.33. The van der Waals surface area contributed by atoms with Gasteiger partial charge >= 0.3 is 0 Å². The van der Waals surface area contributed by atoms with Crippen LogP contribution in [0.3, 0.4) is 0 Å². The molecule has 0 fully saturated rings. The molecule has 1 aromatic rings. The Kier molecular flexibility index (Phi) is 5.77. The van der Waals surface area contributed by atoms with Crippen LogP contribution in [0.25, 0.3) is 0 Å². The first-order valence-electron chi connectivity index (χ1n) is 6.04. The van der Waals surface area contributed by atoms with Crippen molar-refractivity contribution in [2.24, 2.45) is 0 Å². The van der Waals surface area contributed by atoms with E-state index in [0.717, 1.165) is 0 Å². The summed E-state index contributed by atoms with van der Waals surface area (Å²) in [6.07, 6.45) is 3.14. The summed E-state index contributed by atoms with van der Waals surface area (Å²) in [7, 11) is 0. The maximum absolute atomic E-state index is 11.5. The second kappa shape index (κ2) is 7.37. The first kappa shape index (κ1) is 14.1. The van der Waals surface area contributed by atoms with Gasteiger partial charge in [-0.3, -0.25) is 4.79 Å². The second-order valence-corrected chi connectivity index (χ2v) is 3.51. The molecular formula is C14H19NO3. The SMILES string of the molecule is CC=CC(=O)Nc1cc(OCC)ccc1OCC. The number of amides is 1. The van der Waals surface area contributed by atoms with Crippen LogP contribution in [0, 0.1) is 0 Å². The molecule has 1 N–H and O–H groups in total. The summed E-state index contributed by atoms with van der Waals surface area (Å²) in [4.78, 5) is 11.5. The number of hydrogen-bond donors (Lipinski definition) is 1. The molecule has 0 radical (unpaired) electrons. The smallest absolute Gasteiger partial charge is 0.248 e. The highest BCUT2D eigenvalue weighted by atomic mass is 16.5. The molecule has 0 aromatic heterocycles. The molecule has 0 saturated heterocycles.